The summed E-state index contributed by atoms with van der Waals surface area (Å²) in [5.74, 6) is -2.34. The minimum absolute atomic E-state index is 0.182. The molecule has 1 aromatic carbocycles. The third-order valence-electron chi connectivity index (χ3n) is 4.71. The fraction of sp³-hybridized carbons (Fsp3) is 0.550. The highest BCUT2D eigenvalue weighted by Gasteiger charge is 2.25. The number of rotatable bonds is 6. The van der Waals surface area contributed by atoms with E-state index in [2.05, 4.69) is 36.2 Å². The van der Waals surface area contributed by atoms with Gasteiger partial charge in [0.1, 0.15) is 5.75 Å². The maximum Gasteiger partial charge on any atom is 0.414 e. The highest BCUT2D eigenvalue weighted by atomic mass is 16.5. The van der Waals surface area contributed by atoms with E-state index in [1.165, 1.54) is 5.56 Å². The number of piperidine rings is 1. The van der Waals surface area contributed by atoms with Gasteiger partial charge in [0, 0.05) is 18.5 Å². The molecule has 0 saturated carbocycles. The first-order valence-electron chi connectivity index (χ1n) is 9.38. The Kier molecular flexibility index (Phi) is 10.0. The third kappa shape index (κ3) is 8.39. The molecule has 28 heavy (non-hydrogen) atoms. The van der Waals surface area contributed by atoms with Gasteiger partial charge in [-0.2, -0.15) is 0 Å². The van der Waals surface area contributed by atoms with Crippen molar-refractivity contribution >= 4 is 17.8 Å². The molecule has 156 valence electrons. The quantitative estimate of drug-likeness (QED) is 0.632. The lowest BCUT2D eigenvalue weighted by Crippen LogP contribution is -2.42. The van der Waals surface area contributed by atoms with Crippen LogP contribution in [0, 0.1) is 5.92 Å². The molecule has 0 radical (unpaired) electrons. The number of carbonyl (C=O) groups is 3. The molecule has 1 atom stereocenters. The smallest absolute Gasteiger partial charge is 0.414 e. The van der Waals surface area contributed by atoms with Gasteiger partial charge in [0.05, 0.1) is 7.11 Å². The van der Waals surface area contributed by atoms with Gasteiger partial charge >= 0.3 is 11.9 Å². The predicted octanol–water partition coefficient (Wildman–Crippen LogP) is 1.98. The summed E-state index contributed by atoms with van der Waals surface area (Å²) in [6.07, 6.45) is 2.90. The summed E-state index contributed by atoms with van der Waals surface area (Å²) < 4.78 is 5.18. The fourth-order valence-corrected chi connectivity index (χ4v) is 2.81. The Morgan fingerprint density at radius 1 is 1.14 bits per heavy atom. The van der Waals surface area contributed by atoms with E-state index in [1.807, 2.05) is 12.1 Å². The predicted molar refractivity (Wildman–Crippen MR) is 104 cm³/mol. The van der Waals surface area contributed by atoms with E-state index in [9.17, 15) is 4.79 Å². The highest BCUT2D eigenvalue weighted by Crippen LogP contribution is 2.20. The third-order valence-corrected chi connectivity index (χ3v) is 4.71. The fourth-order valence-electron chi connectivity index (χ4n) is 2.81. The lowest BCUT2D eigenvalue weighted by molar-refractivity contribution is -0.159. The Labute approximate surface area is 165 Å². The van der Waals surface area contributed by atoms with Crippen LogP contribution in [0.4, 0.5) is 0 Å². The lowest BCUT2D eigenvalue weighted by Gasteiger charge is -2.31. The van der Waals surface area contributed by atoms with E-state index in [-0.39, 0.29) is 17.9 Å². The van der Waals surface area contributed by atoms with Gasteiger partial charge in [-0.05, 0) is 57.0 Å². The molecule has 1 aromatic rings. The van der Waals surface area contributed by atoms with Crippen LogP contribution in [0.25, 0.3) is 0 Å². The van der Waals surface area contributed by atoms with E-state index in [0.29, 0.717) is 0 Å². The van der Waals surface area contributed by atoms with E-state index < -0.39 is 11.9 Å². The average molecular weight is 394 g/mol. The molecule has 0 bridgehead atoms. The van der Waals surface area contributed by atoms with E-state index in [4.69, 9.17) is 24.5 Å². The van der Waals surface area contributed by atoms with Crippen molar-refractivity contribution in [3.05, 3.63) is 29.8 Å². The van der Waals surface area contributed by atoms with Crippen molar-refractivity contribution in [2.45, 2.75) is 45.7 Å². The highest BCUT2D eigenvalue weighted by molar-refractivity contribution is 6.27. The molecule has 1 unspecified atom stereocenters. The maximum atomic E-state index is 12.2. The molecule has 8 nitrogen and oxygen atoms in total. The number of ether oxygens (including phenoxy) is 1. The Hall–Kier alpha value is -2.61. The number of nitrogens with zero attached hydrogens (tertiary/aromatic N) is 1. The Bertz CT molecular complexity index is 627. The molecule has 1 amide bonds. The van der Waals surface area contributed by atoms with Gasteiger partial charge in [-0.15, -0.1) is 0 Å². The van der Waals surface area contributed by atoms with Crippen LogP contribution in [-0.4, -0.2) is 59.2 Å². The Morgan fingerprint density at radius 2 is 1.68 bits per heavy atom. The summed E-state index contributed by atoms with van der Waals surface area (Å²) in [6, 6.07) is 8.51. The number of nitrogens with one attached hydrogen (secondary N) is 1. The summed E-state index contributed by atoms with van der Waals surface area (Å²) in [4.78, 5) is 32.8. The number of methoxy groups -OCH3 is 1. The van der Waals surface area contributed by atoms with Crippen LogP contribution in [0.5, 0.6) is 5.75 Å². The van der Waals surface area contributed by atoms with Gasteiger partial charge in [-0.1, -0.05) is 19.1 Å². The number of likely N-dealkylation sites (tertiary alicyclic amines) is 1. The number of benzene rings is 1. The number of hydrogen-bond acceptors (Lipinski definition) is 5. The van der Waals surface area contributed by atoms with Gasteiger partial charge in [0.2, 0.25) is 5.91 Å². The van der Waals surface area contributed by atoms with Crippen LogP contribution in [-0.2, 0) is 20.9 Å². The second-order valence-electron chi connectivity index (χ2n) is 6.83. The van der Waals surface area contributed by atoms with Gasteiger partial charge < -0.3 is 20.3 Å². The van der Waals surface area contributed by atoms with Crippen LogP contribution in [0.3, 0.4) is 0 Å². The van der Waals surface area contributed by atoms with E-state index in [0.717, 1.165) is 44.6 Å². The number of amides is 1. The maximum absolute atomic E-state index is 12.2. The molecule has 3 N–H and O–H groups in total. The first-order valence-corrected chi connectivity index (χ1v) is 9.38. The SMILES string of the molecule is CCC(C)NC(=O)C1CCN(Cc2ccc(OC)cc2)CC1.O=C(O)C(=O)O. The van der Waals surface area contributed by atoms with Gasteiger partial charge in [-0.25, -0.2) is 9.59 Å². The van der Waals surface area contributed by atoms with Crippen molar-refractivity contribution in [3.8, 4) is 5.75 Å². The Morgan fingerprint density at radius 3 is 2.11 bits per heavy atom. The zero-order valence-electron chi connectivity index (χ0n) is 16.7. The van der Waals surface area contributed by atoms with Crippen molar-refractivity contribution in [1.82, 2.24) is 10.2 Å². The summed E-state index contributed by atoms with van der Waals surface area (Å²) in [6.45, 7) is 7.10. The molecule has 1 fully saturated rings. The molecule has 8 heteroatoms. The molecule has 0 spiro atoms. The molecule has 1 aliphatic rings. The number of aliphatic carboxylic acids is 2. The normalized spacial score (nSPS) is 15.7. The van der Waals surface area contributed by atoms with E-state index >= 15 is 0 Å². The van der Waals surface area contributed by atoms with Crippen molar-refractivity contribution in [2.75, 3.05) is 20.2 Å². The summed E-state index contributed by atoms with van der Waals surface area (Å²) >= 11 is 0. The van der Waals surface area contributed by atoms with Crippen molar-refractivity contribution < 1.29 is 29.3 Å². The van der Waals surface area contributed by atoms with Crippen LogP contribution < -0.4 is 10.1 Å². The van der Waals surface area contributed by atoms with Gasteiger partial charge in [0.25, 0.3) is 0 Å². The molecule has 0 aromatic heterocycles. The molecule has 1 heterocycles. The number of hydrogen-bond donors (Lipinski definition) is 3. The van der Waals surface area contributed by atoms with Crippen LogP contribution in [0.15, 0.2) is 24.3 Å². The number of carboxylic acids is 2. The standard InChI is InChI=1S/C18H28N2O2.C2H2O4/c1-4-14(2)19-18(21)16-9-11-20(12-10-16)13-15-5-7-17(22-3)8-6-15;3-1(4)2(5)6/h5-8,14,16H,4,9-13H2,1-3H3,(H,19,21);(H,3,4)(H,5,6). The van der Waals surface area contributed by atoms with Crippen LogP contribution >= 0.6 is 0 Å². The largest absolute Gasteiger partial charge is 0.497 e. The van der Waals surface area contributed by atoms with Crippen molar-refractivity contribution in [1.29, 1.82) is 0 Å². The van der Waals surface area contributed by atoms with Crippen LogP contribution in [0.2, 0.25) is 0 Å². The summed E-state index contributed by atoms with van der Waals surface area (Å²) in [7, 11) is 1.68. The first-order chi connectivity index (χ1) is 13.3. The molecule has 1 aliphatic heterocycles. The monoisotopic (exact) mass is 394 g/mol. The zero-order valence-corrected chi connectivity index (χ0v) is 16.7. The molecule has 1 saturated heterocycles. The van der Waals surface area contributed by atoms with Gasteiger partial charge in [0.15, 0.2) is 0 Å². The van der Waals surface area contributed by atoms with Crippen molar-refractivity contribution in [2.24, 2.45) is 5.92 Å². The lowest BCUT2D eigenvalue weighted by atomic mass is 9.95. The Balaban J connectivity index is 0.000000568. The second kappa shape index (κ2) is 12.0. The topological polar surface area (TPSA) is 116 Å². The molecule has 0 aliphatic carbocycles. The van der Waals surface area contributed by atoms with Crippen molar-refractivity contribution in [3.63, 3.8) is 0 Å². The summed E-state index contributed by atoms with van der Waals surface area (Å²) in [5, 5.41) is 17.9. The number of carboxylic acid groups (broad SMARTS) is 2. The van der Waals surface area contributed by atoms with Crippen LogP contribution in [0.1, 0.15) is 38.7 Å². The second-order valence-corrected chi connectivity index (χ2v) is 6.83. The van der Waals surface area contributed by atoms with Gasteiger partial charge in [-0.3, -0.25) is 9.69 Å². The molecular formula is C20H30N2O6. The number of carbonyl (C=O) groups excluding carboxylic acids is 1. The summed E-state index contributed by atoms with van der Waals surface area (Å²) in [5.41, 5.74) is 1.29. The molecular weight excluding hydrogens is 364 g/mol. The average Bonchev–Trinajstić information content (AvgIpc) is 2.69. The first kappa shape index (κ1) is 23.4. The minimum atomic E-state index is -1.82. The molecule has 2 rings (SSSR count). The zero-order chi connectivity index (χ0) is 21.1. The van der Waals surface area contributed by atoms with E-state index in [1.54, 1.807) is 7.11 Å². The minimum Gasteiger partial charge on any atom is -0.497 e.